The van der Waals surface area contributed by atoms with Gasteiger partial charge in [0.2, 0.25) is 10.0 Å². The molecule has 0 aromatic heterocycles. The van der Waals surface area contributed by atoms with Gasteiger partial charge in [0.1, 0.15) is 16.5 Å². The molecule has 2 aromatic rings. The number of anilines is 1. The minimum atomic E-state index is -3.88. The summed E-state index contributed by atoms with van der Waals surface area (Å²) in [7, 11) is -2.53. The van der Waals surface area contributed by atoms with E-state index < -0.39 is 15.8 Å². The lowest BCUT2D eigenvalue weighted by Crippen LogP contribution is -2.29. The molecule has 3 rings (SSSR count). The molecule has 1 fully saturated rings. The summed E-state index contributed by atoms with van der Waals surface area (Å²) in [4.78, 5) is 2.14. The van der Waals surface area contributed by atoms with Crippen molar-refractivity contribution >= 4 is 15.7 Å². The topological polar surface area (TPSA) is 58.6 Å². The fraction of sp³-hybridized carbons (Fsp3) is 0.368. The zero-order chi connectivity index (χ0) is 18.6. The Kier molecular flexibility index (Phi) is 5.78. The number of nitrogens with one attached hydrogen (secondary N) is 1. The van der Waals surface area contributed by atoms with Crippen LogP contribution in [0.5, 0.6) is 5.75 Å². The third-order valence-electron chi connectivity index (χ3n) is 4.54. The van der Waals surface area contributed by atoms with Crippen molar-refractivity contribution in [2.24, 2.45) is 0 Å². The Hall–Kier alpha value is -2.12. The van der Waals surface area contributed by atoms with Crippen LogP contribution in [0.15, 0.2) is 47.4 Å². The van der Waals surface area contributed by atoms with E-state index in [-0.39, 0.29) is 17.2 Å². The van der Waals surface area contributed by atoms with Crippen molar-refractivity contribution in [3.63, 3.8) is 0 Å². The Morgan fingerprint density at radius 3 is 2.42 bits per heavy atom. The van der Waals surface area contributed by atoms with E-state index >= 15 is 0 Å². The van der Waals surface area contributed by atoms with Crippen LogP contribution in [0.1, 0.15) is 24.8 Å². The maximum absolute atomic E-state index is 13.4. The van der Waals surface area contributed by atoms with Crippen LogP contribution in [0.2, 0.25) is 0 Å². The van der Waals surface area contributed by atoms with Crippen LogP contribution < -0.4 is 14.4 Å². The lowest BCUT2D eigenvalue weighted by atomic mass is 10.1. The number of rotatable bonds is 6. The molecule has 1 heterocycles. The van der Waals surface area contributed by atoms with Crippen LogP contribution in [0.3, 0.4) is 0 Å². The molecule has 0 radical (unpaired) electrons. The number of hydrogen-bond donors (Lipinski definition) is 1. The maximum atomic E-state index is 13.4. The number of benzene rings is 2. The SMILES string of the molecule is COc1ccc(F)cc1S(=O)(=O)NCc1ccc(N2CCCCC2)cc1. The summed E-state index contributed by atoms with van der Waals surface area (Å²) in [6.45, 7) is 2.25. The van der Waals surface area contributed by atoms with Crippen molar-refractivity contribution in [1.29, 1.82) is 0 Å². The van der Waals surface area contributed by atoms with Crippen molar-refractivity contribution in [1.82, 2.24) is 4.72 Å². The highest BCUT2D eigenvalue weighted by molar-refractivity contribution is 7.89. The van der Waals surface area contributed by atoms with Crippen molar-refractivity contribution in [3.05, 3.63) is 53.8 Å². The Morgan fingerprint density at radius 1 is 1.08 bits per heavy atom. The van der Waals surface area contributed by atoms with Crippen LogP contribution in [0, 0.1) is 5.82 Å². The first kappa shape index (κ1) is 18.7. The second-order valence-electron chi connectivity index (χ2n) is 6.33. The molecule has 0 saturated carbocycles. The minimum absolute atomic E-state index is 0.111. The molecule has 1 saturated heterocycles. The number of piperidine rings is 1. The largest absolute Gasteiger partial charge is 0.495 e. The van der Waals surface area contributed by atoms with Gasteiger partial charge >= 0.3 is 0 Å². The summed E-state index contributed by atoms with van der Waals surface area (Å²) < 4.78 is 46.0. The van der Waals surface area contributed by atoms with E-state index in [1.165, 1.54) is 32.4 Å². The standard InChI is InChI=1S/C19H23FN2O3S/c1-25-18-10-7-16(20)13-19(18)26(23,24)21-14-15-5-8-17(9-6-15)22-11-3-2-4-12-22/h5-10,13,21H,2-4,11-12,14H2,1H3. The van der Waals surface area contributed by atoms with Gasteiger partial charge in [-0.2, -0.15) is 0 Å². The molecule has 0 aliphatic carbocycles. The Morgan fingerprint density at radius 2 is 1.77 bits per heavy atom. The molecule has 0 amide bonds. The van der Waals surface area contributed by atoms with Gasteiger partial charge in [-0.1, -0.05) is 12.1 Å². The van der Waals surface area contributed by atoms with E-state index in [0.717, 1.165) is 36.5 Å². The maximum Gasteiger partial charge on any atom is 0.244 e. The quantitative estimate of drug-likeness (QED) is 0.838. The van der Waals surface area contributed by atoms with Gasteiger partial charge in [0.25, 0.3) is 0 Å². The number of hydrogen-bond acceptors (Lipinski definition) is 4. The van der Waals surface area contributed by atoms with Crippen LogP contribution in [-0.4, -0.2) is 28.6 Å². The number of nitrogens with zero attached hydrogens (tertiary/aromatic N) is 1. The van der Waals surface area contributed by atoms with Gasteiger partial charge < -0.3 is 9.64 Å². The molecule has 26 heavy (non-hydrogen) atoms. The van der Waals surface area contributed by atoms with Crippen LogP contribution >= 0.6 is 0 Å². The van der Waals surface area contributed by atoms with Gasteiger partial charge in [0.05, 0.1) is 7.11 Å². The second-order valence-corrected chi connectivity index (χ2v) is 8.07. The molecule has 0 atom stereocenters. The first-order valence-electron chi connectivity index (χ1n) is 8.67. The van der Waals surface area contributed by atoms with E-state index in [9.17, 15) is 12.8 Å². The number of ether oxygens (including phenoxy) is 1. The van der Waals surface area contributed by atoms with Gasteiger partial charge in [-0.15, -0.1) is 0 Å². The molecule has 0 spiro atoms. The predicted molar refractivity (Wildman–Crippen MR) is 99.5 cm³/mol. The van der Waals surface area contributed by atoms with Crippen LogP contribution in [0.25, 0.3) is 0 Å². The summed E-state index contributed by atoms with van der Waals surface area (Å²) >= 11 is 0. The Labute approximate surface area is 153 Å². The summed E-state index contributed by atoms with van der Waals surface area (Å²) in [5, 5.41) is 0. The second kappa shape index (κ2) is 8.05. The highest BCUT2D eigenvalue weighted by Gasteiger charge is 2.20. The molecule has 2 aromatic carbocycles. The number of methoxy groups -OCH3 is 1. The number of halogens is 1. The van der Waals surface area contributed by atoms with Crippen molar-refractivity contribution in [2.75, 3.05) is 25.1 Å². The van der Waals surface area contributed by atoms with E-state index in [4.69, 9.17) is 4.74 Å². The normalized spacial score (nSPS) is 15.1. The van der Waals surface area contributed by atoms with E-state index in [1.807, 2.05) is 24.3 Å². The zero-order valence-electron chi connectivity index (χ0n) is 14.7. The molecule has 0 unspecified atom stereocenters. The molecule has 1 aliphatic heterocycles. The molecular weight excluding hydrogens is 355 g/mol. The molecule has 7 heteroatoms. The zero-order valence-corrected chi connectivity index (χ0v) is 15.6. The van der Waals surface area contributed by atoms with Gasteiger partial charge in [-0.3, -0.25) is 0 Å². The molecular formula is C19H23FN2O3S. The van der Waals surface area contributed by atoms with Gasteiger partial charge in [0, 0.05) is 25.3 Å². The third-order valence-corrected chi connectivity index (χ3v) is 5.96. The average Bonchev–Trinajstić information content (AvgIpc) is 2.67. The van der Waals surface area contributed by atoms with Crippen molar-refractivity contribution in [2.45, 2.75) is 30.7 Å². The van der Waals surface area contributed by atoms with E-state index in [0.29, 0.717) is 0 Å². The summed E-state index contributed by atoms with van der Waals surface area (Å²) in [6.07, 6.45) is 3.69. The first-order chi connectivity index (χ1) is 12.5. The van der Waals surface area contributed by atoms with Crippen molar-refractivity contribution in [3.8, 4) is 5.75 Å². The summed E-state index contributed by atoms with van der Waals surface area (Å²) in [5.74, 6) is -0.517. The smallest absolute Gasteiger partial charge is 0.244 e. The highest BCUT2D eigenvalue weighted by Crippen LogP contribution is 2.25. The van der Waals surface area contributed by atoms with Gasteiger partial charge in [0.15, 0.2) is 0 Å². The monoisotopic (exact) mass is 378 g/mol. The fourth-order valence-corrected chi connectivity index (χ4v) is 4.29. The summed E-state index contributed by atoms with van der Waals surface area (Å²) in [5.41, 5.74) is 1.99. The van der Waals surface area contributed by atoms with E-state index in [2.05, 4.69) is 9.62 Å². The molecule has 5 nitrogen and oxygen atoms in total. The molecule has 1 N–H and O–H groups in total. The van der Waals surface area contributed by atoms with E-state index in [1.54, 1.807) is 0 Å². The number of sulfonamides is 1. The summed E-state index contributed by atoms with van der Waals surface area (Å²) in [6, 6.07) is 11.3. The van der Waals surface area contributed by atoms with Crippen LogP contribution in [0.4, 0.5) is 10.1 Å². The Balaban J connectivity index is 1.69. The van der Waals surface area contributed by atoms with Crippen molar-refractivity contribution < 1.29 is 17.5 Å². The first-order valence-corrected chi connectivity index (χ1v) is 10.1. The van der Waals surface area contributed by atoms with Gasteiger partial charge in [-0.05, 0) is 55.2 Å². The Bertz CT molecular complexity index is 848. The third kappa shape index (κ3) is 4.34. The molecule has 1 aliphatic rings. The minimum Gasteiger partial charge on any atom is -0.495 e. The van der Waals surface area contributed by atoms with Crippen LogP contribution in [-0.2, 0) is 16.6 Å². The average molecular weight is 378 g/mol. The molecule has 0 bridgehead atoms. The van der Waals surface area contributed by atoms with Gasteiger partial charge in [-0.25, -0.2) is 17.5 Å². The lowest BCUT2D eigenvalue weighted by Gasteiger charge is -2.28. The predicted octanol–water partition coefficient (Wildman–Crippen LogP) is 3.30. The lowest BCUT2D eigenvalue weighted by molar-refractivity contribution is 0.400. The molecule has 140 valence electrons. The highest BCUT2D eigenvalue weighted by atomic mass is 32.2. The fourth-order valence-electron chi connectivity index (χ4n) is 3.09.